The minimum atomic E-state index is -0.329. The Morgan fingerprint density at radius 3 is 1.69 bits per heavy atom. The number of hydrogen-bond donors (Lipinski definition) is 4. The number of aromatic hydroxyl groups is 1. The number of benzene rings is 2. The summed E-state index contributed by atoms with van der Waals surface area (Å²) in [5, 5.41) is 12.9. The number of hydroxylamine groups is 1. The first-order chi connectivity index (χ1) is 15.4. The van der Waals surface area contributed by atoms with Crippen LogP contribution in [0.5, 0.6) is 23.0 Å². The Bertz CT molecular complexity index is 1080. The topological polar surface area (TPSA) is 146 Å². The lowest BCUT2D eigenvalue weighted by Crippen LogP contribution is -2.19. The third kappa shape index (κ3) is 6.59. The van der Waals surface area contributed by atoms with Gasteiger partial charge >= 0.3 is 0 Å². The van der Waals surface area contributed by atoms with Crippen LogP contribution in [0.4, 0.5) is 0 Å². The first-order valence-corrected chi connectivity index (χ1v) is 9.16. The Kier molecular flexibility index (Phi) is 7.00. The van der Waals surface area contributed by atoms with E-state index in [1.807, 2.05) is 47.0 Å². The van der Waals surface area contributed by atoms with Crippen LogP contribution in [0.2, 0.25) is 0 Å². The van der Waals surface area contributed by atoms with Gasteiger partial charge < -0.3 is 14.7 Å². The lowest BCUT2D eigenvalue weighted by Gasteiger charge is -2.11. The predicted octanol–water partition coefficient (Wildman–Crippen LogP) is 1.45. The standard InChI is InChI=1S/C8H7NO.C6H4O2.2C4H3NO2/c1-2-4-8-7(3-1)5-6-9-10-8;7-4-2-1-3-5-6(4)8-5;2*6-3-1-2-4(7)5-3/h1-6,9H;1-3,7H;2*1-2H,(H,5,6,7). The fraction of sp³-hybridized carbons (Fsp3) is 0. The molecule has 0 aliphatic carbocycles. The summed E-state index contributed by atoms with van der Waals surface area (Å²) in [4.78, 5) is 45.2. The molecule has 0 atom stereocenters. The van der Waals surface area contributed by atoms with Crippen LogP contribution < -0.4 is 25.7 Å². The average molecular weight is 435 g/mol. The molecule has 0 bridgehead atoms. The molecule has 162 valence electrons. The van der Waals surface area contributed by atoms with Gasteiger partial charge in [0.2, 0.25) is 5.75 Å². The molecule has 0 radical (unpaired) electrons. The second-order valence-corrected chi connectivity index (χ2v) is 6.17. The van der Waals surface area contributed by atoms with E-state index in [9.17, 15) is 19.2 Å². The fourth-order valence-electron chi connectivity index (χ4n) is 2.32. The molecule has 4 heterocycles. The molecular weight excluding hydrogens is 418 g/mol. The number of phenolic OH excluding ortho intramolecular Hbond substituents is 1. The van der Waals surface area contributed by atoms with Gasteiger partial charge in [0.15, 0.2) is 17.2 Å². The van der Waals surface area contributed by atoms with Crippen molar-refractivity contribution in [2.45, 2.75) is 0 Å². The number of para-hydroxylation sites is 2. The van der Waals surface area contributed by atoms with Crippen molar-refractivity contribution < 1.29 is 33.9 Å². The van der Waals surface area contributed by atoms with E-state index in [1.165, 1.54) is 24.3 Å². The lowest BCUT2D eigenvalue weighted by atomic mass is 10.2. The zero-order chi connectivity index (χ0) is 22.9. The number of phenols is 1. The Morgan fingerprint density at radius 1 is 0.656 bits per heavy atom. The summed E-state index contributed by atoms with van der Waals surface area (Å²) in [7, 11) is 0. The van der Waals surface area contributed by atoms with E-state index >= 15 is 0 Å². The number of fused-ring (bicyclic) bond motifs is 2. The quantitative estimate of drug-likeness (QED) is 0.307. The van der Waals surface area contributed by atoms with Crippen molar-refractivity contribution in [2.75, 3.05) is 0 Å². The second-order valence-electron chi connectivity index (χ2n) is 6.17. The number of imide groups is 2. The Labute approximate surface area is 181 Å². The number of carbonyl (C=O) groups is 4. The lowest BCUT2D eigenvalue weighted by molar-refractivity contribution is -0.125. The Balaban J connectivity index is 0.000000122. The van der Waals surface area contributed by atoms with Gasteiger partial charge in [-0.3, -0.25) is 29.8 Å². The van der Waals surface area contributed by atoms with E-state index in [0.717, 1.165) is 17.1 Å². The van der Waals surface area contributed by atoms with Gasteiger partial charge in [-0.15, -0.1) is 0 Å². The molecule has 4 N–H and O–H groups in total. The van der Waals surface area contributed by atoms with Crippen LogP contribution in [0, 0.1) is 0 Å². The molecule has 10 nitrogen and oxygen atoms in total. The normalized spacial score (nSPS) is 14.9. The van der Waals surface area contributed by atoms with Gasteiger partial charge in [-0.25, -0.2) is 5.48 Å². The van der Waals surface area contributed by atoms with Gasteiger partial charge in [0.25, 0.3) is 23.6 Å². The molecule has 2 aromatic rings. The summed E-state index contributed by atoms with van der Waals surface area (Å²) >= 11 is 0. The van der Waals surface area contributed by atoms with Gasteiger partial charge in [-0.05, 0) is 24.3 Å². The van der Waals surface area contributed by atoms with E-state index in [0.29, 0.717) is 5.75 Å². The molecule has 32 heavy (non-hydrogen) atoms. The SMILES string of the molecule is C1=Cc2ccccc2ON1.O=C1C=CC(=O)N1.O=C1C=CC(=O)N1.Oc1cccc2c1O2. The van der Waals surface area contributed by atoms with Crippen molar-refractivity contribution >= 4 is 29.7 Å². The third-order valence-electron chi connectivity index (χ3n) is 3.81. The molecule has 0 saturated heterocycles. The molecule has 0 aromatic heterocycles. The molecule has 4 amide bonds. The van der Waals surface area contributed by atoms with Crippen LogP contribution in [0.15, 0.2) is 73.0 Å². The molecule has 4 aliphatic rings. The van der Waals surface area contributed by atoms with Crippen LogP contribution in [0.25, 0.3) is 6.08 Å². The van der Waals surface area contributed by atoms with Gasteiger partial charge in [0, 0.05) is 36.1 Å². The Hall–Kier alpha value is -4.86. The van der Waals surface area contributed by atoms with E-state index in [-0.39, 0.29) is 29.4 Å². The second kappa shape index (κ2) is 10.3. The van der Waals surface area contributed by atoms with E-state index < -0.39 is 0 Å². The molecule has 10 heteroatoms. The minimum Gasteiger partial charge on any atom is -0.504 e. The number of rotatable bonds is 0. The average Bonchev–Trinajstić information content (AvgIpc) is 3.37. The zero-order valence-electron chi connectivity index (χ0n) is 16.4. The summed E-state index contributed by atoms with van der Waals surface area (Å²) in [6.45, 7) is 0. The van der Waals surface area contributed by atoms with Crippen molar-refractivity contribution in [2.24, 2.45) is 0 Å². The van der Waals surface area contributed by atoms with Gasteiger partial charge in [-0.2, -0.15) is 0 Å². The van der Waals surface area contributed by atoms with Gasteiger partial charge in [0.05, 0.1) is 0 Å². The summed E-state index contributed by atoms with van der Waals surface area (Å²) in [6, 6.07) is 13.0. The largest absolute Gasteiger partial charge is 0.504 e. The van der Waals surface area contributed by atoms with Gasteiger partial charge in [-0.1, -0.05) is 24.3 Å². The summed E-state index contributed by atoms with van der Waals surface area (Å²) in [5.41, 5.74) is 3.77. The first kappa shape index (κ1) is 21.8. The number of amides is 4. The van der Waals surface area contributed by atoms with Crippen LogP contribution in [-0.4, -0.2) is 28.7 Å². The van der Waals surface area contributed by atoms with Crippen molar-refractivity contribution in [3.8, 4) is 23.0 Å². The summed E-state index contributed by atoms with van der Waals surface area (Å²) in [5.74, 6) is 1.23. The number of ether oxygens (including phenoxy) is 1. The highest BCUT2D eigenvalue weighted by atomic mass is 16.6. The molecule has 6 rings (SSSR count). The van der Waals surface area contributed by atoms with E-state index in [4.69, 9.17) is 14.7 Å². The van der Waals surface area contributed by atoms with Crippen LogP contribution in [-0.2, 0) is 19.2 Å². The molecule has 4 aliphatic heterocycles. The third-order valence-corrected chi connectivity index (χ3v) is 3.81. The maximum absolute atomic E-state index is 10.0. The maximum Gasteiger partial charge on any atom is 0.250 e. The molecule has 0 saturated carbocycles. The van der Waals surface area contributed by atoms with Crippen molar-refractivity contribution in [1.82, 2.24) is 16.1 Å². The highest BCUT2D eigenvalue weighted by Crippen LogP contribution is 2.51. The smallest absolute Gasteiger partial charge is 0.250 e. The van der Waals surface area contributed by atoms with Crippen molar-refractivity contribution in [3.63, 3.8) is 0 Å². The number of carbonyl (C=O) groups excluding carboxylic acids is 4. The minimum absolute atomic E-state index is 0.238. The number of nitrogens with one attached hydrogen (secondary N) is 3. The summed E-state index contributed by atoms with van der Waals surface area (Å²) in [6.07, 6.45) is 8.52. The first-order valence-electron chi connectivity index (χ1n) is 9.16. The van der Waals surface area contributed by atoms with Crippen LogP contribution >= 0.6 is 0 Å². The molecular formula is C22H17N3O7. The van der Waals surface area contributed by atoms with Crippen molar-refractivity contribution in [3.05, 3.63) is 78.5 Å². The molecule has 0 fully saturated rings. The monoisotopic (exact) mass is 435 g/mol. The molecule has 2 aromatic carbocycles. The molecule has 0 spiro atoms. The predicted molar refractivity (Wildman–Crippen MR) is 112 cm³/mol. The van der Waals surface area contributed by atoms with E-state index in [1.54, 1.807) is 18.3 Å². The number of hydrogen-bond acceptors (Lipinski definition) is 8. The Morgan fingerprint density at radius 2 is 1.22 bits per heavy atom. The maximum atomic E-state index is 10.0. The van der Waals surface area contributed by atoms with E-state index in [2.05, 4.69) is 5.48 Å². The zero-order valence-corrected chi connectivity index (χ0v) is 16.4. The van der Waals surface area contributed by atoms with Gasteiger partial charge in [0.1, 0.15) is 0 Å². The highest BCUT2D eigenvalue weighted by Gasteiger charge is 2.22. The van der Waals surface area contributed by atoms with Crippen LogP contribution in [0.1, 0.15) is 5.56 Å². The summed E-state index contributed by atoms with van der Waals surface area (Å²) < 4.78 is 4.82. The van der Waals surface area contributed by atoms with Crippen molar-refractivity contribution in [1.29, 1.82) is 0 Å². The molecule has 0 unspecified atom stereocenters. The van der Waals surface area contributed by atoms with Crippen LogP contribution in [0.3, 0.4) is 0 Å². The fourth-order valence-corrected chi connectivity index (χ4v) is 2.32. The highest BCUT2D eigenvalue weighted by molar-refractivity contribution is 6.13.